The molecule has 1 aliphatic rings. The first-order valence-corrected chi connectivity index (χ1v) is 6.86. The number of halogens is 2. The van der Waals surface area contributed by atoms with Crippen LogP contribution in [-0.4, -0.2) is 37.1 Å². The zero-order valence-electron chi connectivity index (χ0n) is 10.7. The number of benzene rings is 1. The number of nitrogen functional groups attached to an aromatic ring is 1. The third kappa shape index (κ3) is 3.32. The number of hydrogen-bond donors (Lipinski definition) is 1. The third-order valence-electron chi connectivity index (χ3n) is 3.13. The number of ether oxygens (including phenoxy) is 1. The Labute approximate surface area is 122 Å². The highest BCUT2D eigenvalue weighted by Crippen LogP contribution is 2.29. The van der Waals surface area contributed by atoms with Crippen LogP contribution in [0.5, 0.6) is 0 Å². The molecule has 1 aromatic rings. The smallest absolute Gasteiger partial charge is 0.255 e. The molecule has 1 atom stereocenters. The zero-order valence-corrected chi connectivity index (χ0v) is 12.2. The van der Waals surface area contributed by atoms with Gasteiger partial charge < -0.3 is 15.4 Å². The molecule has 1 fully saturated rings. The van der Waals surface area contributed by atoms with Crippen LogP contribution in [0, 0.1) is 0 Å². The molecule has 1 amide bonds. The van der Waals surface area contributed by atoms with Gasteiger partial charge in [0.1, 0.15) is 0 Å². The van der Waals surface area contributed by atoms with Crippen LogP contribution in [0.4, 0.5) is 5.69 Å². The van der Waals surface area contributed by atoms with Gasteiger partial charge in [-0.05, 0) is 25.0 Å². The molecule has 0 saturated carbocycles. The first kappa shape index (κ1) is 14.4. The topological polar surface area (TPSA) is 55.6 Å². The predicted octanol–water partition coefficient (Wildman–Crippen LogP) is 2.83. The monoisotopic (exact) mass is 302 g/mol. The Bertz CT molecular complexity index is 488. The molecule has 19 heavy (non-hydrogen) atoms. The molecule has 4 nitrogen and oxygen atoms in total. The van der Waals surface area contributed by atoms with E-state index in [1.807, 2.05) is 0 Å². The number of carbonyl (C=O) groups is 1. The average Bonchev–Trinajstić information content (AvgIpc) is 2.85. The predicted molar refractivity (Wildman–Crippen MR) is 76.8 cm³/mol. The average molecular weight is 303 g/mol. The summed E-state index contributed by atoms with van der Waals surface area (Å²) in [5, 5.41) is 0.524. The van der Waals surface area contributed by atoms with E-state index in [1.165, 1.54) is 6.07 Å². The number of anilines is 1. The van der Waals surface area contributed by atoms with Crippen molar-refractivity contribution in [2.24, 2.45) is 0 Å². The number of nitrogens with two attached hydrogens (primary N) is 1. The van der Waals surface area contributed by atoms with Gasteiger partial charge in [-0.2, -0.15) is 0 Å². The number of rotatable bonds is 3. The van der Waals surface area contributed by atoms with E-state index in [4.69, 9.17) is 33.7 Å². The highest BCUT2D eigenvalue weighted by Gasteiger charge is 2.23. The molecule has 0 spiro atoms. The largest absolute Gasteiger partial charge is 0.399 e. The summed E-state index contributed by atoms with van der Waals surface area (Å²) in [6, 6.07) is 3.07. The van der Waals surface area contributed by atoms with Crippen molar-refractivity contribution in [3.8, 4) is 0 Å². The molecule has 0 bridgehead atoms. The van der Waals surface area contributed by atoms with Gasteiger partial charge >= 0.3 is 0 Å². The second kappa shape index (κ2) is 5.99. The lowest BCUT2D eigenvalue weighted by Gasteiger charge is -2.21. The van der Waals surface area contributed by atoms with Crippen molar-refractivity contribution in [2.45, 2.75) is 18.9 Å². The Kier molecular flexibility index (Phi) is 4.55. The molecule has 2 N–H and O–H groups in total. The summed E-state index contributed by atoms with van der Waals surface area (Å²) < 4.78 is 5.51. The molecule has 1 unspecified atom stereocenters. The molecule has 1 aromatic carbocycles. The minimum absolute atomic E-state index is 0.101. The Morgan fingerprint density at radius 1 is 1.53 bits per heavy atom. The lowest BCUT2D eigenvalue weighted by atomic mass is 10.1. The van der Waals surface area contributed by atoms with Crippen LogP contribution in [0.3, 0.4) is 0 Å². The molecule has 104 valence electrons. The van der Waals surface area contributed by atoms with Crippen molar-refractivity contribution in [3.63, 3.8) is 0 Å². The van der Waals surface area contributed by atoms with Gasteiger partial charge in [0.05, 0.1) is 21.7 Å². The molecular weight excluding hydrogens is 287 g/mol. The van der Waals surface area contributed by atoms with Gasteiger partial charge in [0.15, 0.2) is 0 Å². The summed E-state index contributed by atoms with van der Waals surface area (Å²) in [5.74, 6) is -0.199. The zero-order chi connectivity index (χ0) is 14.0. The first-order valence-electron chi connectivity index (χ1n) is 6.10. The lowest BCUT2D eigenvalue weighted by Crippen LogP contribution is -2.34. The third-order valence-corrected chi connectivity index (χ3v) is 3.93. The summed E-state index contributed by atoms with van der Waals surface area (Å²) in [5.41, 5.74) is 6.44. The minimum Gasteiger partial charge on any atom is -0.399 e. The maximum atomic E-state index is 12.3. The second-order valence-electron chi connectivity index (χ2n) is 4.68. The normalized spacial score (nSPS) is 18.6. The van der Waals surface area contributed by atoms with Crippen LogP contribution in [0.25, 0.3) is 0 Å². The van der Waals surface area contributed by atoms with E-state index < -0.39 is 0 Å². The summed E-state index contributed by atoms with van der Waals surface area (Å²) >= 11 is 12.0. The SMILES string of the molecule is CN(CC1CCCO1)C(=O)c1cc(N)cc(Cl)c1Cl. The van der Waals surface area contributed by atoms with Gasteiger partial charge in [-0.3, -0.25) is 4.79 Å². The van der Waals surface area contributed by atoms with Gasteiger partial charge in [-0.25, -0.2) is 0 Å². The maximum absolute atomic E-state index is 12.3. The second-order valence-corrected chi connectivity index (χ2v) is 5.47. The molecule has 1 heterocycles. The van der Waals surface area contributed by atoms with Gasteiger partial charge in [-0.15, -0.1) is 0 Å². The Hall–Kier alpha value is -0.970. The number of nitrogens with zero attached hydrogens (tertiary/aromatic N) is 1. The van der Waals surface area contributed by atoms with E-state index >= 15 is 0 Å². The molecule has 1 aliphatic heterocycles. The Morgan fingerprint density at radius 3 is 2.89 bits per heavy atom. The minimum atomic E-state index is -0.199. The number of hydrogen-bond acceptors (Lipinski definition) is 3. The summed E-state index contributed by atoms with van der Waals surface area (Å²) in [7, 11) is 1.72. The fourth-order valence-corrected chi connectivity index (χ4v) is 2.57. The fourth-order valence-electron chi connectivity index (χ4n) is 2.15. The van der Waals surface area contributed by atoms with Crippen LogP contribution >= 0.6 is 23.2 Å². The van der Waals surface area contributed by atoms with E-state index in [1.54, 1.807) is 18.0 Å². The molecule has 0 aliphatic carbocycles. The Balaban J connectivity index is 2.14. The van der Waals surface area contributed by atoms with Gasteiger partial charge in [0, 0.05) is 25.9 Å². The van der Waals surface area contributed by atoms with E-state index in [0.29, 0.717) is 17.8 Å². The number of likely N-dealkylation sites (N-methyl/N-ethyl adjacent to an activating group) is 1. The van der Waals surface area contributed by atoms with Crippen LogP contribution in [-0.2, 0) is 4.74 Å². The fraction of sp³-hybridized carbons (Fsp3) is 0.462. The van der Waals surface area contributed by atoms with Crippen LogP contribution in [0.1, 0.15) is 23.2 Å². The van der Waals surface area contributed by atoms with Gasteiger partial charge in [-0.1, -0.05) is 23.2 Å². The van der Waals surface area contributed by atoms with Crippen molar-refractivity contribution in [1.29, 1.82) is 0 Å². The van der Waals surface area contributed by atoms with E-state index in [-0.39, 0.29) is 22.1 Å². The van der Waals surface area contributed by atoms with Crippen molar-refractivity contribution in [2.75, 3.05) is 25.9 Å². The lowest BCUT2D eigenvalue weighted by molar-refractivity contribution is 0.0587. The van der Waals surface area contributed by atoms with Crippen molar-refractivity contribution in [1.82, 2.24) is 4.90 Å². The molecular formula is C13H16Cl2N2O2. The summed E-state index contributed by atoms with van der Waals surface area (Å²) in [6.07, 6.45) is 2.12. The Morgan fingerprint density at radius 2 is 2.26 bits per heavy atom. The van der Waals surface area contributed by atoms with Crippen molar-refractivity contribution >= 4 is 34.8 Å². The molecule has 0 aromatic heterocycles. The molecule has 2 rings (SSSR count). The van der Waals surface area contributed by atoms with Crippen molar-refractivity contribution < 1.29 is 9.53 Å². The highest BCUT2D eigenvalue weighted by molar-refractivity contribution is 6.44. The number of amides is 1. The molecule has 0 radical (unpaired) electrons. The standard InChI is InChI=1S/C13H16Cl2N2O2/c1-17(7-9-3-2-4-19-9)13(18)10-5-8(16)6-11(14)12(10)15/h5-6,9H,2-4,7,16H2,1H3. The molecule has 1 saturated heterocycles. The van der Waals surface area contributed by atoms with Crippen LogP contribution in [0.15, 0.2) is 12.1 Å². The van der Waals surface area contributed by atoms with Crippen LogP contribution < -0.4 is 5.73 Å². The van der Waals surface area contributed by atoms with E-state index in [2.05, 4.69) is 0 Å². The summed E-state index contributed by atoms with van der Waals surface area (Å²) in [6.45, 7) is 1.30. The maximum Gasteiger partial charge on any atom is 0.255 e. The quantitative estimate of drug-likeness (QED) is 0.874. The van der Waals surface area contributed by atoms with E-state index in [9.17, 15) is 4.79 Å². The van der Waals surface area contributed by atoms with Crippen molar-refractivity contribution in [3.05, 3.63) is 27.7 Å². The molecule has 6 heteroatoms. The highest BCUT2D eigenvalue weighted by atomic mass is 35.5. The van der Waals surface area contributed by atoms with E-state index in [0.717, 1.165) is 19.4 Å². The van der Waals surface area contributed by atoms with Crippen LogP contribution in [0.2, 0.25) is 10.0 Å². The summed E-state index contributed by atoms with van der Waals surface area (Å²) in [4.78, 5) is 13.9. The van der Waals surface area contributed by atoms with Gasteiger partial charge in [0.25, 0.3) is 5.91 Å². The first-order chi connectivity index (χ1) is 8.99. The number of carbonyl (C=O) groups excluding carboxylic acids is 1. The van der Waals surface area contributed by atoms with Gasteiger partial charge in [0.2, 0.25) is 0 Å².